The Kier molecular flexibility index (Phi) is 5.42. The first kappa shape index (κ1) is 19.0. The number of benzene rings is 2. The SMILES string of the molecule is CC1SC(=O)NN=C1c1cc2c(c(-c3ccc(Cl)cc3)c1)NCCCC(=O)C2. The van der Waals surface area contributed by atoms with Crippen LogP contribution in [0.5, 0.6) is 0 Å². The molecule has 0 radical (unpaired) electrons. The van der Waals surface area contributed by atoms with E-state index in [9.17, 15) is 9.59 Å². The zero-order valence-electron chi connectivity index (χ0n) is 15.4. The van der Waals surface area contributed by atoms with Crippen molar-refractivity contribution < 1.29 is 9.59 Å². The molecule has 4 rings (SSSR count). The Morgan fingerprint density at radius 1 is 1.14 bits per heavy atom. The minimum absolute atomic E-state index is 0.0675. The molecule has 1 unspecified atom stereocenters. The Bertz CT molecular complexity index is 972. The lowest BCUT2D eigenvalue weighted by molar-refractivity contribution is -0.118. The zero-order valence-corrected chi connectivity index (χ0v) is 17.0. The number of carbonyl (C=O) groups excluding carboxylic acids is 2. The molecule has 0 saturated carbocycles. The van der Waals surface area contributed by atoms with Gasteiger partial charge in [0, 0.05) is 35.7 Å². The lowest BCUT2D eigenvalue weighted by atomic mass is 9.91. The van der Waals surface area contributed by atoms with Gasteiger partial charge >= 0.3 is 0 Å². The summed E-state index contributed by atoms with van der Waals surface area (Å²) in [5.41, 5.74) is 8.24. The molecule has 2 aliphatic rings. The summed E-state index contributed by atoms with van der Waals surface area (Å²) in [5, 5.41) is 8.26. The second-order valence-corrected chi connectivity index (χ2v) is 8.72. The van der Waals surface area contributed by atoms with Gasteiger partial charge < -0.3 is 5.32 Å². The summed E-state index contributed by atoms with van der Waals surface area (Å²) in [6.07, 6.45) is 1.79. The summed E-state index contributed by atoms with van der Waals surface area (Å²) >= 11 is 7.29. The minimum Gasteiger partial charge on any atom is -0.384 e. The highest BCUT2D eigenvalue weighted by Crippen LogP contribution is 2.36. The van der Waals surface area contributed by atoms with Gasteiger partial charge in [-0.25, -0.2) is 5.43 Å². The van der Waals surface area contributed by atoms with E-state index in [-0.39, 0.29) is 16.3 Å². The molecule has 0 aromatic heterocycles. The van der Waals surface area contributed by atoms with Crippen molar-refractivity contribution in [1.29, 1.82) is 0 Å². The number of hydrazone groups is 1. The van der Waals surface area contributed by atoms with Gasteiger partial charge in [0.1, 0.15) is 5.78 Å². The minimum atomic E-state index is -0.155. The molecule has 2 aromatic rings. The molecule has 0 fully saturated rings. The molecule has 5 nitrogen and oxygen atoms in total. The van der Waals surface area contributed by atoms with E-state index in [1.54, 1.807) is 0 Å². The number of hydrogen-bond acceptors (Lipinski definition) is 5. The van der Waals surface area contributed by atoms with Crippen LogP contribution >= 0.6 is 23.4 Å². The molecular formula is C21H20ClN3O2S. The van der Waals surface area contributed by atoms with Gasteiger partial charge in [-0.2, -0.15) is 5.10 Å². The van der Waals surface area contributed by atoms with Crippen molar-refractivity contribution >= 4 is 45.8 Å². The molecule has 0 aliphatic carbocycles. The maximum atomic E-state index is 12.3. The van der Waals surface area contributed by atoms with Crippen molar-refractivity contribution in [3.63, 3.8) is 0 Å². The fraction of sp³-hybridized carbons (Fsp3) is 0.286. The predicted molar refractivity (Wildman–Crippen MR) is 115 cm³/mol. The third-order valence-corrected chi connectivity index (χ3v) is 6.06. The van der Waals surface area contributed by atoms with E-state index < -0.39 is 0 Å². The van der Waals surface area contributed by atoms with Gasteiger partial charge in [0.2, 0.25) is 0 Å². The van der Waals surface area contributed by atoms with Crippen molar-refractivity contribution in [2.75, 3.05) is 11.9 Å². The summed E-state index contributed by atoms with van der Waals surface area (Å²) in [5.74, 6) is 0.239. The van der Waals surface area contributed by atoms with Crippen LogP contribution in [0.2, 0.25) is 5.02 Å². The van der Waals surface area contributed by atoms with Gasteiger partial charge in [-0.05, 0) is 54.3 Å². The number of fused-ring (bicyclic) bond motifs is 1. The van der Waals surface area contributed by atoms with E-state index in [0.717, 1.165) is 46.6 Å². The first-order chi connectivity index (χ1) is 13.5. The summed E-state index contributed by atoms with van der Waals surface area (Å²) in [6, 6.07) is 11.8. The van der Waals surface area contributed by atoms with Crippen molar-refractivity contribution in [2.45, 2.75) is 31.4 Å². The maximum Gasteiger partial charge on any atom is 0.299 e. The first-order valence-corrected chi connectivity index (χ1v) is 10.5. The second-order valence-electron chi connectivity index (χ2n) is 6.97. The smallest absolute Gasteiger partial charge is 0.299 e. The molecule has 1 atom stereocenters. The van der Waals surface area contributed by atoms with Crippen LogP contribution < -0.4 is 10.7 Å². The predicted octanol–water partition coefficient (Wildman–Crippen LogP) is 4.87. The van der Waals surface area contributed by atoms with Crippen molar-refractivity contribution in [3.8, 4) is 11.1 Å². The van der Waals surface area contributed by atoms with E-state index in [2.05, 4.69) is 21.9 Å². The first-order valence-electron chi connectivity index (χ1n) is 9.24. The monoisotopic (exact) mass is 413 g/mol. The maximum absolute atomic E-state index is 12.3. The number of amides is 1. The zero-order chi connectivity index (χ0) is 19.7. The number of rotatable bonds is 2. The highest BCUT2D eigenvalue weighted by atomic mass is 35.5. The fourth-order valence-electron chi connectivity index (χ4n) is 3.59. The van der Waals surface area contributed by atoms with Crippen LogP contribution in [0.15, 0.2) is 41.5 Å². The highest BCUT2D eigenvalue weighted by Gasteiger charge is 2.25. The molecule has 7 heteroatoms. The van der Waals surface area contributed by atoms with Crippen LogP contribution in [0, 0.1) is 0 Å². The number of Topliss-reactive ketones (excluding diaryl/α,β-unsaturated/α-hetero) is 1. The van der Waals surface area contributed by atoms with E-state index in [1.807, 2.05) is 37.3 Å². The number of ketones is 1. The number of carbonyl (C=O) groups is 2. The standard InChI is InChI=1S/C21H20ClN3O2S/c1-12-19(24-25-21(27)28-12)15-9-14-10-17(26)3-2-8-23-20(14)18(11-15)13-4-6-16(22)7-5-13/h4-7,9,11-12,23H,2-3,8,10H2,1H3,(H,25,27). The average molecular weight is 414 g/mol. The molecule has 0 saturated heterocycles. The third kappa shape index (κ3) is 3.93. The van der Waals surface area contributed by atoms with E-state index in [1.165, 1.54) is 11.8 Å². The van der Waals surface area contributed by atoms with Gasteiger partial charge in [-0.3, -0.25) is 9.59 Å². The van der Waals surface area contributed by atoms with Crippen molar-refractivity contribution in [3.05, 3.63) is 52.5 Å². The molecule has 2 N–H and O–H groups in total. The Morgan fingerprint density at radius 3 is 2.68 bits per heavy atom. The molecular weight excluding hydrogens is 394 g/mol. The lowest BCUT2D eigenvalue weighted by Crippen LogP contribution is -2.30. The molecule has 2 heterocycles. The van der Waals surface area contributed by atoms with Gasteiger partial charge in [0.05, 0.1) is 11.0 Å². The highest BCUT2D eigenvalue weighted by molar-refractivity contribution is 8.14. The number of thioether (sulfide) groups is 1. The molecule has 144 valence electrons. The number of nitrogens with one attached hydrogen (secondary N) is 2. The third-order valence-electron chi connectivity index (χ3n) is 4.93. The van der Waals surface area contributed by atoms with E-state index in [4.69, 9.17) is 11.6 Å². The summed E-state index contributed by atoms with van der Waals surface area (Å²) in [4.78, 5) is 24.0. The number of nitrogens with zero attached hydrogens (tertiary/aromatic N) is 1. The molecule has 2 aliphatic heterocycles. The molecule has 0 bridgehead atoms. The summed E-state index contributed by atoms with van der Waals surface area (Å²) in [7, 11) is 0. The second kappa shape index (κ2) is 7.97. The summed E-state index contributed by atoms with van der Waals surface area (Å²) < 4.78 is 0. The molecule has 1 amide bonds. The average Bonchev–Trinajstić information content (AvgIpc) is 2.65. The van der Waals surface area contributed by atoms with Crippen LogP contribution in [-0.2, 0) is 11.2 Å². The number of halogens is 1. The Labute approximate surface area is 172 Å². The topological polar surface area (TPSA) is 70.6 Å². The fourth-order valence-corrected chi connectivity index (χ4v) is 4.44. The van der Waals surface area contributed by atoms with Crippen LogP contribution in [0.1, 0.15) is 30.9 Å². The van der Waals surface area contributed by atoms with Crippen molar-refractivity contribution in [1.82, 2.24) is 5.43 Å². The summed E-state index contributed by atoms with van der Waals surface area (Å²) in [6.45, 7) is 2.71. The lowest BCUT2D eigenvalue weighted by Gasteiger charge is -2.24. The quantitative estimate of drug-likeness (QED) is 0.736. The van der Waals surface area contributed by atoms with E-state index in [0.29, 0.717) is 17.9 Å². The van der Waals surface area contributed by atoms with Crippen LogP contribution in [0.25, 0.3) is 11.1 Å². The largest absolute Gasteiger partial charge is 0.384 e. The Hall–Kier alpha value is -2.31. The number of anilines is 1. The molecule has 0 spiro atoms. The van der Waals surface area contributed by atoms with Gasteiger partial charge in [0.15, 0.2) is 0 Å². The van der Waals surface area contributed by atoms with Crippen LogP contribution in [0.4, 0.5) is 10.5 Å². The van der Waals surface area contributed by atoms with Crippen LogP contribution in [0.3, 0.4) is 0 Å². The van der Waals surface area contributed by atoms with Gasteiger partial charge in [0.25, 0.3) is 5.24 Å². The molecule has 2 aromatic carbocycles. The van der Waals surface area contributed by atoms with Crippen LogP contribution in [-0.4, -0.2) is 28.5 Å². The van der Waals surface area contributed by atoms with Gasteiger partial charge in [-0.1, -0.05) is 35.5 Å². The van der Waals surface area contributed by atoms with Crippen molar-refractivity contribution in [2.24, 2.45) is 5.10 Å². The Morgan fingerprint density at radius 2 is 1.93 bits per heavy atom. The normalized spacial score (nSPS) is 19.6. The molecule has 28 heavy (non-hydrogen) atoms. The Balaban J connectivity index is 1.88. The number of hydrogen-bond donors (Lipinski definition) is 2. The van der Waals surface area contributed by atoms with Gasteiger partial charge in [-0.15, -0.1) is 0 Å². The van der Waals surface area contributed by atoms with E-state index >= 15 is 0 Å².